The first-order valence-corrected chi connectivity index (χ1v) is 10.4. The topological polar surface area (TPSA) is 78.9 Å². The molecule has 6 atom stereocenters. The molecule has 0 unspecified atom stereocenters. The molecule has 3 aliphatic rings. The predicted molar refractivity (Wildman–Crippen MR) is 104 cm³/mol. The van der Waals surface area contributed by atoms with Gasteiger partial charge < -0.3 is 14.2 Å². The third-order valence-electron chi connectivity index (χ3n) is 7.31. The monoisotopic (exact) mass is 418 g/mol. The van der Waals surface area contributed by atoms with Crippen molar-refractivity contribution in [2.75, 3.05) is 7.11 Å². The first kappa shape index (κ1) is 21.0. The molecular weight excluding hydrogens is 391 g/mol. The Kier molecular flexibility index (Phi) is 5.21. The van der Waals surface area contributed by atoms with Gasteiger partial charge in [-0.2, -0.15) is 0 Å². The molecule has 2 fully saturated rings. The molecule has 0 aliphatic heterocycles. The Morgan fingerprint density at radius 1 is 1.20 bits per heavy atom. The van der Waals surface area contributed by atoms with Crippen molar-refractivity contribution in [3.8, 4) is 5.75 Å². The molecule has 3 aliphatic carbocycles. The minimum atomic E-state index is -0.724. The molecule has 0 heterocycles. The Bertz CT molecular complexity index is 911. The number of hydrogen-bond donors (Lipinski definition) is 0. The highest BCUT2D eigenvalue weighted by molar-refractivity contribution is 5.93. The second-order valence-electron chi connectivity index (χ2n) is 9.00. The summed E-state index contributed by atoms with van der Waals surface area (Å²) in [4.78, 5) is 35.9. The molecule has 162 valence electrons. The van der Waals surface area contributed by atoms with Crippen molar-refractivity contribution in [1.29, 1.82) is 0 Å². The van der Waals surface area contributed by atoms with Crippen LogP contribution in [0.1, 0.15) is 57.1 Å². The number of halogens is 1. The predicted octanol–water partition coefficient (Wildman–Crippen LogP) is 3.34. The van der Waals surface area contributed by atoms with Crippen molar-refractivity contribution in [2.24, 2.45) is 17.3 Å². The summed E-state index contributed by atoms with van der Waals surface area (Å²) in [6.07, 6.45) is 1.52. The highest BCUT2D eigenvalue weighted by atomic mass is 19.1. The number of carbonyl (C=O) groups excluding carboxylic acids is 3. The molecular formula is C23H27FO6. The van der Waals surface area contributed by atoms with Crippen molar-refractivity contribution >= 4 is 17.7 Å². The number of carbonyl (C=O) groups is 3. The van der Waals surface area contributed by atoms with E-state index in [1.165, 1.54) is 19.9 Å². The normalized spacial score (nSPS) is 34.6. The van der Waals surface area contributed by atoms with Crippen molar-refractivity contribution in [2.45, 2.75) is 64.6 Å². The standard InChI is InChI=1S/C23H27FO6/c1-11(25)29-18-7-13-5-6-14-16-9-19(30-12(2)26)22(27)23(16,3)10-20(28-4)21(14)15(13)8-17(18)24/h7-8,14,16,19-21H,5-6,9-10H2,1-4H3/t14-,16-,19-,20-,21-,23-/m0/s1. The van der Waals surface area contributed by atoms with Gasteiger partial charge in [0, 0.05) is 32.3 Å². The van der Waals surface area contributed by atoms with E-state index in [4.69, 9.17) is 14.2 Å². The lowest BCUT2D eigenvalue weighted by Crippen LogP contribution is -2.50. The lowest BCUT2D eigenvalue weighted by atomic mass is 9.54. The Balaban J connectivity index is 1.72. The Morgan fingerprint density at radius 2 is 1.93 bits per heavy atom. The van der Waals surface area contributed by atoms with Crippen LogP contribution < -0.4 is 4.74 Å². The summed E-state index contributed by atoms with van der Waals surface area (Å²) in [5.74, 6) is -1.60. The Morgan fingerprint density at radius 3 is 2.57 bits per heavy atom. The van der Waals surface area contributed by atoms with E-state index >= 15 is 0 Å². The molecule has 1 aromatic rings. The number of aryl methyl sites for hydroxylation is 1. The third kappa shape index (κ3) is 3.23. The molecule has 0 N–H and O–H groups in total. The maximum Gasteiger partial charge on any atom is 0.308 e. The van der Waals surface area contributed by atoms with Crippen LogP contribution in [0.4, 0.5) is 4.39 Å². The smallest absolute Gasteiger partial charge is 0.308 e. The fourth-order valence-electron chi connectivity index (χ4n) is 6.15. The quantitative estimate of drug-likeness (QED) is 0.553. The summed E-state index contributed by atoms with van der Waals surface area (Å²) < 4.78 is 30.9. The summed E-state index contributed by atoms with van der Waals surface area (Å²) in [7, 11) is 1.62. The lowest BCUT2D eigenvalue weighted by molar-refractivity contribution is -0.154. The SMILES string of the molecule is CO[C@H]1C[C@]2(C)C(=O)[C@@H](OC(C)=O)C[C@H]2[C@@H]2CCc3cc(OC(C)=O)c(F)cc3[C@H]21. The van der Waals surface area contributed by atoms with Gasteiger partial charge >= 0.3 is 11.9 Å². The number of benzene rings is 1. The minimum absolute atomic E-state index is 0.0367. The zero-order chi connectivity index (χ0) is 21.8. The molecule has 7 heteroatoms. The average Bonchev–Trinajstić information content (AvgIpc) is 2.91. The van der Waals surface area contributed by atoms with Crippen molar-refractivity contribution in [3.05, 3.63) is 29.1 Å². The minimum Gasteiger partial charge on any atom is -0.455 e. The van der Waals surface area contributed by atoms with Crippen LogP contribution in [0.3, 0.4) is 0 Å². The van der Waals surface area contributed by atoms with Crippen molar-refractivity contribution in [1.82, 2.24) is 0 Å². The summed E-state index contributed by atoms with van der Waals surface area (Å²) in [6, 6.07) is 3.07. The molecule has 2 saturated carbocycles. The fraction of sp³-hybridized carbons (Fsp3) is 0.609. The lowest BCUT2D eigenvalue weighted by Gasteiger charge is -2.51. The molecule has 4 rings (SSSR count). The van der Waals surface area contributed by atoms with Gasteiger partial charge in [-0.05, 0) is 60.8 Å². The van der Waals surface area contributed by atoms with Crippen LogP contribution in [0, 0.1) is 23.1 Å². The zero-order valence-electron chi connectivity index (χ0n) is 17.7. The van der Waals surface area contributed by atoms with Gasteiger partial charge in [0.05, 0.1) is 6.10 Å². The van der Waals surface area contributed by atoms with Gasteiger partial charge in [0.2, 0.25) is 0 Å². The van der Waals surface area contributed by atoms with Crippen LogP contribution in [-0.4, -0.2) is 37.0 Å². The van der Waals surface area contributed by atoms with Gasteiger partial charge in [-0.1, -0.05) is 6.92 Å². The first-order chi connectivity index (χ1) is 14.2. The van der Waals surface area contributed by atoms with E-state index in [2.05, 4.69) is 0 Å². The molecule has 1 aromatic carbocycles. The summed E-state index contributed by atoms with van der Waals surface area (Å²) in [5, 5.41) is 0. The van der Waals surface area contributed by atoms with Crippen LogP contribution in [-0.2, 0) is 30.3 Å². The van der Waals surface area contributed by atoms with Crippen molar-refractivity contribution < 1.29 is 33.0 Å². The first-order valence-electron chi connectivity index (χ1n) is 10.4. The number of esters is 2. The van der Waals surface area contributed by atoms with Crippen LogP contribution in [0.15, 0.2) is 12.1 Å². The number of ketones is 1. The van der Waals surface area contributed by atoms with Gasteiger partial charge in [0.15, 0.2) is 23.5 Å². The molecule has 30 heavy (non-hydrogen) atoms. The van der Waals surface area contributed by atoms with E-state index in [-0.39, 0.29) is 35.4 Å². The largest absolute Gasteiger partial charge is 0.455 e. The highest BCUT2D eigenvalue weighted by Gasteiger charge is 2.62. The van der Waals surface area contributed by atoms with Crippen LogP contribution in [0.5, 0.6) is 5.75 Å². The van der Waals surface area contributed by atoms with Gasteiger partial charge in [0.25, 0.3) is 0 Å². The number of fused-ring (bicyclic) bond motifs is 5. The van der Waals surface area contributed by atoms with E-state index < -0.39 is 29.3 Å². The maximum absolute atomic E-state index is 14.7. The Labute approximate surface area is 175 Å². The van der Waals surface area contributed by atoms with Gasteiger partial charge in [0.1, 0.15) is 0 Å². The van der Waals surface area contributed by atoms with Crippen LogP contribution >= 0.6 is 0 Å². The maximum atomic E-state index is 14.7. The van der Waals surface area contributed by atoms with Gasteiger partial charge in [-0.3, -0.25) is 14.4 Å². The Hall–Kier alpha value is -2.28. The number of ether oxygens (including phenoxy) is 3. The third-order valence-corrected chi connectivity index (χ3v) is 7.31. The molecule has 6 nitrogen and oxygen atoms in total. The van der Waals surface area contributed by atoms with Crippen molar-refractivity contribution in [3.63, 3.8) is 0 Å². The molecule has 0 radical (unpaired) electrons. The van der Waals surface area contributed by atoms with E-state index in [0.29, 0.717) is 19.3 Å². The van der Waals surface area contributed by atoms with Crippen LogP contribution in [0.25, 0.3) is 0 Å². The number of Topliss-reactive ketones (excluding diaryl/α,β-unsaturated/α-hetero) is 1. The molecule has 0 aromatic heterocycles. The molecule has 0 spiro atoms. The average molecular weight is 418 g/mol. The second-order valence-corrected chi connectivity index (χ2v) is 9.00. The van der Waals surface area contributed by atoms with Gasteiger partial charge in [-0.15, -0.1) is 0 Å². The van der Waals surface area contributed by atoms with E-state index in [1.54, 1.807) is 13.2 Å². The number of rotatable bonds is 3. The molecule has 0 saturated heterocycles. The number of methoxy groups -OCH3 is 1. The van der Waals surface area contributed by atoms with E-state index in [1.807, 2.05) is 6.92 Å². The van der Waals surface area contributed by atoms with Crippen LogP contribution in [0.2, 0.25) is 0 Å². The summed E-state index contributed by atoms with van der Waals surface area (Å²) in [5.41, 5.74) is 1.17. The molecule has 0 amide bonds. The second kappa shape index (κ2) is 7.45. The molecule has 0 bridgehead atoms. The van der Waals surface area contributed by atoms with Gasteiger partial charge in [-0.25, -0.2) is 4.39 Å². The fourth-order valence-corrected chi connectivity index (χ4v) is 6.15. The highest BCUT2D eigenvalue weighted by Crippen LogP contribution is 2.60. The zero-order valence-corrected chi connectivity index (χ0v) is 17.7. The van der Waals surface area contributed by atoms with E-state index in [0.717, 1.165) is 17.5 Å². The summed E-state index contributed by atoms with van der Waals surface area (Å²) in [6.45, 7) is 4.51. The summed E-state index contributed by atoms with van der Waals surface area (Å²) >= 11 is 0. The van der Waals surface area contributed by atoms with E-state index in [9.17, 15) is 18.8 Å². The number of hydrogen-bond acceptors (Lipinski definition) is 6.